The molecular formula is C20H20N6OS. The largest absolute Gasteiger partial charge is 0.347 e. The summed E-state index contributed by atoms with van der Waals surface area (Å²) >= 11 is 1.65. The Kier molecular flexibility index (Phi) is 4.47. The molecule has 28 heavy (non-hydrogen) atoms. The van der Waals surface area contributed by atoms with Crippen LogP contribution in [-0.2, 0) is 4.79 Å². The Labute approximate surface area is 167 Å². The Morgan fingerprint density at radius 3 is 2.96 bits per heavy atom. The number of guanidine groups is 1. The Hall–Kier alpha value is -3.05. The molecule has 1 aromatic heterocycles. The van der Waals surface area contributed by atoms with Crippen LogP contribution in [0.1, 0.15) is 30.5 Å². The minimum Gasteiger partial charge on any atom is -0.347 e. The second-order valence-corrected chi connectivity index (χ2v) is 8.28. The molecule has 7 nitrogen and oxygen atoms in total. The molecule has 2 N–H and O–H groups in total. The van der Waals surface area contributed by atoms with Crippen molar-refractivity contribution in [3.63, 3.8) is 0 Å². The molecule has 3 atom stereocenters. The maximum atomic E-state index is 13.1. The second-order valence-electron chi connectivity index (χ2n) is 7.21. The van der Waals surface area contributed by atoms with Crippen molar-refractivity contribution in [3.8, 4) is 6.07 Å². The van der Waals surface area contributed by atoms with Crippen LogP contribution in [0.3, 0.4) is 0 Å². The van der Waals surface area contributed by atoms with E-state index in [1.807, 2.05) is 25.1 Å². The Bertz CT molecular complexity index is 1010. The third-order valence-corrected chi connectivity index (χ3v) is 6.86. The zero-order valence-electron chi connectivity index (χ0n) is 15.6. The van der Waals surface area contributed by atoms with E-state index in [0.717, 1.165) is 17.6 Å². The lowest BCUT2D eigenvalue weighted by Crippen LogP contribution is -2.69. The van der Waals surface area contributed by atoms with E-state index in [1.54, 1.807) is 48.0 Å². The number of hydrogen-bond donors (Lipinski definition) is 2. The molecule has 2 aliphatic heterocycles. The quantitative estimate of drug-likeness (QED) is 0.837. The number of thioether (sulfide) groups is 1. The van der Waals surface area contributed by atoms with Gasteiger partial charge in [0.15, 0.2) is 12.0 Å². The van der Waals surface area contributed by atoms with Gasteiger partial charge in [-0.1, -0.05) is 12.1 Å². The van der Waals surface area contributed by atoms with E-state index in [4.69, 9.17) is 10.7 Å². The molecule has 1 saturated heterocycles. The number of hydrogen-bond acceptors (Lipinski definition) is 5. The molecule has 1 aromatic carbocycles. The van der Waals surface area contributed by atoms with Crippen LogP contribution in [0.5, 0.6) is 0 Å². The minimum atomic E-state index is -0.692. The zero-order chi connectivity index (χ0) is 19.9. The fourth-order valence-electron chi connectivity index (χ4n) is 3.82. The Balaban J connectivity index is 1.66. The molecule has 142 valence electrons. The van der Waals surface area contributed by atoms with Gasteiger partial charge in [0.05, 0.1) is 17.2 Å². The SMILES string of the molecule is CN1C(=N)N[C@](C)(C2CC(c3cccc(C#N)c3)=CS2)C(n2cccn2)C1=O. The first-order valence-corrected chi connectivity index (χ1v) is 9.87. The lowest BCUT2D eigenvalue weighted by molar-refractivity contribution is -0.134. The molecule has 0 aliphatic carbocycles. The number of amides is 1. The van der Waals surface area contributed by atoms with Crippen molar-refractivity contribution in [1.29, 1.82) is 10.7 Å². The maximum Gasteiger partial charge on any atom is 0.256 e. The third-order valence-electron chi connectivity index (χ3n) is 5.46. The van der Waals surface area contributed by atoms with Gasteiger partial charge in [-0.05, 0) is 48.1 Å². The van der Waals surface area contributed by atoms with Gasteiger partial charge in [-0.2, -0.15) is 10.4 Å². The maximum absolute atomic E-state index is 13.1. The van der Waals surface area contributed by atoms with E-state index in [1.165, 1.54) is 4.90 Å². The summed E-state index contributed by atoms with van der Waals surface area (Å²) < 4.78 is 1.67. The van der Waals surface area contributed by atoms with Crippen LogP contribution in [0.4, 0.5) is 0 Å². The van der Waals surface area contributed by atoms with Gasteiger partial charge >= 0.3 is 0 Å². The van der Waals surface area contributed by atoms with Gasteiger partial charge < -0.3 is 5.32 Å². The van der Waals surface area contributed by atoms with Gasteiger partial charge in [0, 0.05) is 24.7 Å². The first-order valence-electron chi connectivity index (χ1n) is 8.92. The smallest absolute Gasteiger partial charge is 0.256 e. The zero-order valence-corrected chi connectivity index (χ0v) is 16.4. The molecule has 2 unspecified atom stereocenters. The van der Waals surface area contributed by atoms with Crippen LogP contribution >= 0.6 is 11.8 Å². The lowest BCUT2D eigenvalue weighted by Gasteiger charge is -2.48. The van der Waals surface area contributed by atoms with Crippen molar-refractivity contribution in [2.75, 3.05) is 7.05 Å². The number of nitriles is 1. The molecule has 0 radical (unpaired) electrons. The number of allylic oxidation sites excluding steroid dienone is 1. The molecule has 1 fully saturated rings. The molecule has 4 rings (SSSR count). The van der Waals surface area contributed by atoms with Gasteiger partial charge in [0.1, 0.15) is 0 Å². The van der Waals surface area contributed by atoms with E-state index in [2.05, 4.69) is 21.9 Å². The van der Waals surface area contributed by atoms with Gasteiger partial charge in [-0.15, -0.1) is 11.8 Å². The Morgan fingerprint density at radius 1 is 1.43 bits per heavy atom. The van der Waals surface area contributed by atoms with E-state index in [9.17, 15) is 4.79 Å². The van der Waals surface area contributed by atoms with Crippen LogP contribution in [0.2, 0.25) is 0 Å². The number of carbonyl (C=O) groups excluding carboxylic acids is 1. The number of rotatable bonds is 3. The van der Waals surface area contributed by atoms with Crippen molar-refractivity contribution in [2.24, 2.45) is 0 Å². The van der Waals surface area contributed by atoms with E-state index in [0.29, 0.717) is 5.56 Å². The molecule has 2 aliphatic rings. The number of carbonyl (C=O) groups is 1. The summed E-state index contributed by atoms with van der Waals surface area (Å²) in [5.74, 6) is -0.0630. The predicted molar refractivity (Wildman–Crippen MR) is 108 cm³/mol. The lowest BCUT2D eigenvalue weighted by atomic mass is 9.82. The normalized spacial score (nSPS) is 27.3. The Morgan fingerprint density at radius 2 is 2.25 bits per heavy atom. The van der Waals surface area contributed by atoms with Crippen LogP contribution in [0, 0.1) is 16.7 Å². The van der Waals surface area contributed by atoms with Gasteiger partial charge in [0.25, 0.3) is 5.91 Å². The minimum absolute atomic E-state index is 0.0282. The summed E-state index contributed by atoms with van der Waals surface area (Å²) in [5, 5.41) is 27.1. The first kappa shape index (κ1) is 18.3. The highest BCUT2D eigenvalue weighted by Crippen LogP contribution is 2.46. The topological polar surface area (TPSA) is 97.8 Å². The molecule has 0 spiro atoms. The number of aromatic nitrogens is 2. The summed E-state index contributed by atoms with van der Waals surface area (Å²) in [7, 11) is 1.60. The van der Waals surface area contributed by atoms with E-state index >= 15 is 0 Å². The highest BCUT2D eigenvalue weighted by atomic mass is 32.2. The van der Waals surface area contributed by atoms with E-state index < -0.39 is 11.6 Å². The van der Waals surface area contributed by atoms with Crippen molar-refractivity contribution >= 4 is 29.2 Å². The van der Waals surface area contributed by atoms with Crippen molar-refractivity contribution in [1.82, 2.24) is 20.0 Å². The fraction of sp³-hybridized carbons (Fsp3) is 0.300. The molecule has 8 heteroatoms. The standard InChI is InChI=1S/C20H20N6OS/c1-20(16-10-15(12-28-16)14-6-3-5-13(9-14)11-21)17(26-8-4-7-23-26)18(27)25(2)19(22)24-20/h3-9,12,16-17H,10H2,1-2H3,(H2,22,24)/t16?,17?,20-/m1/s1. The average molecular weight is 392 g/mol. The molecule has 0 saturated carbocycles. The van der Waals surface area contributed by atoms with Crippen LogP contribution < -0.4 is 5.32 Å². The summed E-state index contributed by atoms with van der Waals surface area (Å²) in [6, 6.07) is 11.0. The van der Waals surface area contributed by atoms with Gasteiger partial charge in [0.2, 0.25) is 0 Å². The summed E-state index contributed by atoms with van der Waals surface area (Å²) in [4.78, 5) is 14.4. The number of nitrogens with one attached hydrogen (secondary N) is 2. The number of likely N-dealkylation sites (N-methyl/N-ethyl adjacent to an activating group) is 1. The first-order chi connectivity index (χ1) is 13.4. The summed E-state index contributed by atoms with van der Waals surface area (Å²) in [6.07, 6.45) is 4.17. The fourth-order valence-corrected chi connectivity index (χ4v) is 5.13. The number of nitrogens with zero attached hydrogens (tertiary/aromatic N) is 4. The second kappa shape index (κ2) is 6.84. The van der Waals surface area contributed by atoms with Crippen molar-refractivity contribution in [2.45, 2.75) is 30.2 Å². The van der Waals surface area contributed by atoms with Crippen molar-refractivity contribution in [3.05, 3.63) is 59.3 Å². The molecule has 2 aromatic rings. The summed E-state index contributed by atoms with van der Waals surface area (Å²) in [6.45, 7) is 1.99. The van der Waals surface area contributed by atoms with E-state index in [-0.39, 0.29) is 17.1 Å². The average Bonchev–Trinajstić information content (AvgIpc) is 3.39. The third kappa shape index (κ3) is 2.88. The highest BCUT2D eigenvalue weighted by molar-refractivity contribution is 8.03. The van der Waals surface area contributed by atoms with Crippen LogP contribution in [-0.4, -0.2) is 44.4 Å². The molecule has 0 bridgehead atoms. The monoisotopic (exact) mass is 392 g/mol. The van der Waals surface area contributed by atoms with Crippen molar-refractivity contribution < 1.29 is 4.79 Å². The number of benzene rings is 1. The molecule has 1 amide bonds. The summed E-state index contributed by atoms with van der Waals surface area (Å²) in [5.41, 5.74) is 2.08. The predicted octanol–water partition coefficient (Wildman–Crippen LogP) is 2.60. The molecular weight excluding hydrogens is 372 g/mol. The van der Waals surface area contributed by atoms with Gasteiger partial charge in [-0.25, -0.2) is 0 Å². The van der Waals surface area contributed by atoms with Crippen LogP contribution in [0.25, 0.3) is 5.57 Å². The molecule has 3 heterocycles. The van der Waals surface area contributed by atoms with Crippen LogP contribution in [0.15, 0.2) is 48.1 Å². The van der Waals surface area contributed by atoms with Gasteiger partial charge in [-0.3, -0.25) is 19.8 Å². The highest BCUT2D eigenvalue weighted by Gasteiger charge is 2.53.